The van der Waals surface area contributed by atoms with E-state index in [0.717, 1.165) is 5.56 Å². The van der Waals surface area contributed by atoms with Crippen molar-refractivity contribution in [3.63, 3.8) is 0 Å². The maximum absolute atomic E-state index is 12.2. The third-order valence-electron chi connectivity index (χ3n) is 4.00. The quantitative estimate of drug-likeness (QED) is 0.540. The first-order valence-electron chi connectivity index (χ1n) is 8.65. The van der Waals surface area contributed by atoms with Crippen LogP contribution in [0.5, 0.6) is 5.75 Å². The number of carbonyl (C=O) groups excluding carboxylic acids is 1. The lowest BCUT2D eigenvalue weighted by Crippen LogP contribution is -2.20. The number of hydrogen-bond acceptors (Lipinski definition) is 6. The number of carbonyl (C=O) groups is 1. The first-order chi connectivity index (χ1) is 13.7. The minimum Gasteiger partial charge on any atom is -0.483 e. The second-order valence-electron chi connectivity index (χ2n) is 6.07. The number of para-hydroxylation sites is 1. The van der Waals surface area contributed by atoms with Gasteiger partial charge in [-0.25, -0.2) is 0 Å². The molecule has 0 aliphatic carbocycles. The Labute approximate surface area is 161 Å². The lowest BCUT2D eigenvalue weighted by Gasteiger charge is -2.09. The smallest absolute Gasteiger partial charge is 0.283 e. The third-order valence-corrected chi connectivity index (χ3v) is 4.00. The van der Waals surface area contributed by atoms with E-state index in [1.54, 1.807) is 30.3 Å². The molecule has 7 heteroatoms. The molecule has 0 aliphatic heterocycles. The Kier molecular flexibility index (Phi) is 4.88. The predicted molar refractivity (Wildman–Crippen MR) is 103 cm³/mol. The average Bonchev–Trinajstić information content (AvgIpc) is 3.39. The van der Waals surface area contributed by atoms with Crippen molar-refractivity contribution in [1.29, 1.82) is 0 Å². The topological polar surface area (TPSA) is 90.4 Å². The molecule has 28 heavy (non-hydrogen) atoms. The first kappa shape index (κ1) is 17.5. The van der Waals surface area contributed by atoms with Gasteiger partial charge in [-0.1, -0.05) is 24.3 Å². The second kappa shape index (κ2) is 7.79. The molecule has 0 radical (unpaired) electrons. The van der Waals surface area contributed by atoms with Crippen molar-refractivity contribution in [1.82, 2.24) is 10.2 Å². The number of furan rings is 1. The Bertz CT molecular complexity index is 1090. The van der Waals surface area contributed by atoms with Gasteiger partial charge in [-0.2, -0.15) is 0 Å². The summed E-state index contributed by atoms with van der Waals surface area (Å²) in [7, 11) is 0. The number of aromatic nitrogens is 2. The van der Waals surface area contributed by atoms with Crippen molar-refractivity contribution < 1.29 is 18.4 Å². The number of aryl methyl sites for hydroxylation is 1. The molecule has 2 aromatic carbocycles. The van der Waals surface area contributed by atoms with Crippen LogP contribution >= 0.6 is 0 Å². The molecule has 0 unspecified atom stereocenters. The second-order valence-corrected chi connectivity index (χ2v) is 6.07. The minimum absolute atomic E-state index is 0.0850. The molecule has 2 heterocycles. The number of nitrogens with one attached hydrogen (secondary N) is 1. The molecule has 140 valence electrons. The highest BCUT2D eigenvalue weighted by Crippen LogP contribution is 2.26. The number of benzene rings is 2. The lowest BCUT2D eigenvalue weighted by atomic mass is 10.2. The van der Waals surface area contributed by atoms with E-state index in [-0.39, 0.29) is 12.5 Å². The summed E-state index contributed by atoms with van der Waals surface area (Å²) < 4.78 is 16.5. The van der Waals surface area contributed by atoms with Crippen LogP contribution in [-0.4, -0.2) is 22.7 Å². The summed E-state index contributed by atoms with van der Waals surface area (Å²) in [6.45, 7) is 1.84. The molecule has 0 saturated carbocycles. The van der Waals surface area contributed by atoms with Gasteiger partial charge in [0.25, 0.3) is 11.8 Å². The number of hydrogen-bond donors (Lipinski definition) is 1. The first-order valence-corrected chi connectivity index (χ1v) is 8.65. The van der Waals surface area contributed by atoms with Crippen molar-refractivity contribution in [2.75, 3.05) is 11.9 Å². The molecule has 4 aromatic rings. The van der Waals surface area contributed by atoms with Crippen molar-refractivity contribution in [2.24, 2.45) is 0 Å². The van der Waals surface area contributed by atoms with Crippen molar-refractivity contribution in [3.05, 3.63) is 72.5 Å². The number of nitrogens with zero attached hydrogens (tertiary/aromatic N) is 2. The van der Waals surface area contributed by atoms with Crippen LogP contribution in [0.15, 0.2) is 75.8 Å². The minimum atomic E-state index is -0.262. The molecule has 0 bridgehead atoms. The lowest BCUT2D eigenvalue weighted by molar-refractivity contribution is -0.118. The number of anilines is 1. The van der Waals surface area contributed by atoms with Crippen LogP contribution in [0.1, 0.15) is 5.56 Å². The number of rotatable bonds is 6. The van der Waals surface area contributed by atoms with E-state index in [1.165, 1.54) is 6.26 Å². The normalized spacial score (nSPS) is 10.6. The summed E-state index contributed by atoms with van der Waals surface area (Å²) in [5.41, 5.74) is 2.26. The Morgan fingerprint density at radius 2 is 1.89 bits per heavy atom. The largest absolute Gasteiger partial charge is 0.483 e. The van der Waals surface area contributed by atoms with Gasteiger partial charge in [0.2, 0.25) is 5.89 Å². The molecule has 0 fully saturated rings. The van der Waals surface area contributed by atoms with Crippen LogP contribution in [0.4, 0.5) is 5.69 Å². The van der Waals surface area contributed by atoms with Gasteiger partial charge in [-0.15, -0.1) is 10.2 Å². The third kappa shape index (κ3) is 3.93. The molecular formula is C21H17N3O4. The van der Waals surface area contributed by atoms with Crippen molar-refractivity contribution in [2.45, 2.75) is 6.92 Å². The highest BCUT2D eigenvalue weighted by Gasteiger charge is 2.13. The van der Waals surface area contributed by atoms with Gasteiger partial charge < -0.3 is 18.9 Å². The van der Waals surface area contributed by atoms with Gasteiger partial charge in [0, 0.05) is 11.3 Å². The summed E-state index contributed by atoms with van der Waals surface area (Å²) >= 11 is 0. The van der Waals surface area contributed by atoms with Crippen LogP contribution in [0.25, 0.3) is 23.1 Å². The van der Waals surface area contributed by atoms with Crippen LogP contribution in [-0.2, 0) is 4.79 Å². The van der Waals surface area contributed by atoms with Crippen LogP contribution < -0.4 is 10.1 Å². The molecular weight excluding hydrogens is 358 g/mol. The molecule has 7 nitrogen and oxygen atoms in total. The molecule has 1 amide bonds. The summed E-state index contributed by atoms with van der Waals surface area (Å²) in [5, 5.41) is 10.8. The standard InChI is InChI=1S/C21H17N3O4/c1-14-6-2-3-9-17(14)27-13-19(25)22-16-8-4-7-15(12-16)20-23-24-21(28-20)18-10-5-11-26-18/h2-12H,13H2,1H3,(H,22,25). The van der Waals surface area contributed by atoms with Gasteiger partial charge in [0.1, 0.15) is 5.75 Å². The maximum Gasteiger partial charge on any atom is 0.283 e. The number of ether oxygens (including phenoxy) is 1. The van der Waals surface area contributed by atoms with Gasteiger partial charge in [-0.05, 0) is 48.9 Å². The zero-order chi connectivity index (χ0) is 19.3. The highest BCUT2D eigenvalue weighted by atomic mass is 16.5. The molecule has 0 aliphatic rings. The van der Waals surface area contributed by atoms with Gasteiger partial charge in [0.05, 0.1) is 6.26 Å². The summed E-state index contributed by atoms with van der Waals surface area (Å²) in [4.78, 5) is 12.2. The van der Waals surface area contributed by atoms with Crippen LogP contribution in [0, 0.1) is 6.92 Å². The molecule has 4 rings (SSSR count). The fourth-order valence-corrected chi connectivity index (χ4v) is 2.63. The fourth-order valence-electron chi connectivity index (χ4n) is 2.63. The summed E-state index contributed by atoms with van der Waals surface area (Å²) in [6.07, 6.45) is 1.54. The van der Waals surface area contributed by atoms with E-state index in [0.29, 0.717) is 34.5 Å². The van der Waals surface area contributed by atoms with E-state index in [4.69, 9.17) is 13.6 Å². The zero-order valence-corrected chi connectivity index (χ0v) is 15.1. The van der Waals surface area contributed by atoms with E-state index in [1.807, 2.05) is 37.3 Å². The van der Waals surface area contributed by atoms with Crippen LogP contribution in [0.3, 0.4) is 0 Å². The highest BCUT2D eigenvalue weighted by molar-refractivity contribution is 5.92. The Balaban J connectivity index is 1.42. The van der Waals surface area contributed by atoms with Gasteiger partial charge >= 0.3 is 0 Å². The van der Waals surface area contributed by atoms with E-state index < -0.39 is 0 Å². The summed E-state index contributed by atoms with van der Waals surface area (Å²) in [6, 6.07) is 18.2. The molecule has 1 N–H and O–H groups in total. The van der Waals surface area contributed by atoms with E-state index in [9.17, 15) is 4.79 Å². The van der Waals surface area contributed by atoms with E-state index in [2.05, 4.69) is 15.5 Å². The number of amides is 1. The molecule has 0 saturated heterocycles. The average molecular weight is 375 g/mol. The molecule has 2 aromatic heterocycles. The van der Waals surface area contributed by atoms with Crippen molar-refractivity contribution >= 4 is 11.6 Å². The Morgan fingerprint density at radius 3 is 2.71 bits per heavy atom. The fraction of sp³-hybridized carbons (Fsp3) is 0.0952. The molecule has 0 spiro atoms. The SMILES string of the molecule is Cc1ccccc1OCC(=O)Nc1cccc(-c2nnc(-c3ccco3)o2)c1. The molecule has 0 atom stereocenters. The van der Waals surface area contributed by atoms with Crippen LogP contribution in [0.2, 0.25) is 0 Å². The zero-order valence-electron chi connectivity index (χ0n) is 15.1. The Hall–Kier alpha value is -3.87. The predicted octanol–water partition coefficient (Wildman–Crippen LogP) is 4.32. The monoisotopic (exact) mass is 375 g/mol. The van der Waals surface area contributed by atoms with Gasteiger partial charge in [0.15, 0.2) is 12.4 Å². The maximum atomic E-state index is 12.2. The van der Waals surface area contributed by atoms with Gasteiger partial charge in [-0.3, -0.25) is 4.79 Å². The van der Waals surface area contributed by atoms with E-state index >= 15 is 0 Å². The van der Waals surface area contributed by atoms with Crippen molar-refractivity contribution in [3.8, 4) is 28.9 Å². The summed E-state index contributed by atoms with van der Waals surface area (Å²) in [5.74, 6) is 1.54. The Morgan fingerprint density at radius 1 is 1.04 bits per heavy atom.